The van der Waals surface area contributed by atoms with Gasteiger partial charge in [0.05, 0.1) is 17.8 Å². The van der Waals surface area contributed by atoms with Crippen LogP contribution in [0.2, 0.25) is 5.02 Å². The number of fused-ring (bicyclic) bond motifs is 1. The molecule has 182 valence electrons. The van der Waals surface area contributed by atoms with Crippen molar-refractivity contribution in [2.75, 3.05) is 16.4 Å². The van der Waals surface area contributed by atoms with Crippen molar-refractivity contribution in [3.63, 3.8) is 0 Å². The summed E-state index contributed by atoms with van der Waals surface area (Å²) in [7, 11) is 0. The van der Waals surface area contributed by atoms with Gasteiger partial charge in [0.2, 0.25) is 0 Å². The molecule has 1 atom stereocenters. The normalized spacial score (nSPS) is 17.0. The summed E-state index contributed by atoms with van der Waals surface area (Å²) in [6.07, 6.45) is 1.57. The Kier molecular flexibility index (Phi) is 6.71. The van der Waals surface area contributed by atoms with Crippen LogP contribution in [0, 0.1) is 6.92 Å². The lowest BCUT2D eigenvalue weighted by Gasteiger charge is -2.26. The van der Waals surface area contributed by atoms with Crippen molar-refractivity contribution in [1.82, 2.24) is 5.32 Å². The number of allylic oxidation sites excluding steroid dienone is 1. The van der Waals surface area contributed by atoms with Crippen molar-refractivity contribution in [3.05, 3.63) is 106 Å². The fourth-order valence-electron chi connectivity index (χ4n) is 4.19. The first-order valence-corrected chi connectivity index (χ1v) is 12.7. The lowest BCUT2D eigenvalue weighted by atomic mass is 9.84. The number of aliphatic imine (C=N–C) groups is 1. The first-order chi connectivity index (χ1) is 17.4. The fraction of sp³-hybridized carbons (Fsp3) is 0.148. The summed E-state index contributed by atoms with van der Waals surface area (Å²) in [6.45, 7) is 3.80. The Morgan fingerprint density at radius 1 is 0.972 bits per heavy atom. The maximum absolute atomic E-state index is 13.5. The minimum absolute atomic E-state index is 0.299. The third-order valence-corrected chi connectivity index (χ3v) is 7.16. The number of carbonyl (C=O) groups is 2. The van der Waals surface area contributed by atoms with E-state index in [-0.39, 0.29) is 11.9 Å². The maximum Gasteiger partial charge on any atom is 0.323 e. The minimum atomic E-state index is -0.524. The number of hydrogen-bond donors (Lipinski definition) is 3. The number of hydrogen-bond acceptors (Lipinski definition) is 5. The summed E-state index contributed by atoms with van der Waals surface area (Å²) in [5, 5.41) is 10.1. The molecule has 3 heterocycles. The molecule has 2 aromatic carbocycles. The molecular weight excluding hydrogens is 496 g/mol. The molecule has 0 spiro atoms. The second-order valence-corrected chi connectivity index (χ2v) is 9.85. The van der Waals surface area contributed by atoms with Crippen molar-refractivity contribution in [2.45, 2.75) is 19.8 Å². The van der Waals surface area contributed by atoms with Crippen LogP contribution in [0.4, 0.5) is 16.2 Å². The molecule has 0 saturated heterocycles. The number of nitrogens with zero attached hydrogens (tertiary/aromatic N) is 1. The van der Waals surface area contributed by atoms with Gasteiger partial charge in [-0.05, 0) is 62.4 Å². The van der Waals surface area contributed by atoms with Crippen LogP contribution in [0.15, 0.2) is 98.9 Å². The van der Waals surface area contributed by atoms with Gasteiger partial charge in [0.15, 0.2) is 0 Å². The van der Waals surface area contributed by atoms with Gasteiger partial charge in [0, 0.05) is 39.1 Å². The standard InChI is InChI=1S/C27H23ClN4O3S/c1-15-5-9-19(10-6-15)31-27(34)32-20-14-36-26-23(20)24(21-4-3-13-35-21)22(16(2)29-26)25(33)30-18-11-7-17(28)8-12-18/h3-13,24H,14H2,1-2H3,(H,30,33)(H2,31,32,34). The van der Waals surface area contributed by atoms with Crippen molar-refractivity contribution >= 4 is 51.7 Å². The zero-order valence-electron chi connectivity index (χ0n) is 19.6. The van der Waals surface area contributed by atoms with E-state index in [0.29, 0.717) is 44.9 Å². The maximum atomic E-state index is 13.5. The molecule has 0 bridgehead atoms. The van der Waals surface area contributed by atoms with Crippen molar-refractivity contribution in [2.24, 2.45) is 4.99 Å². The molecule has 0 fully saturated rings. The molecule has 3 aromatic rings. The second kappa shape index (κ2) is 10.1. The summed E-state index contributed by atoms with van der Waals surface area (Å²) in [4.78, 5) is 31.1. The number of rotatable bonds is 5. The molecule has 5 rings (SSSR count). The smallest absolute Gasteiger partial charge is 0.323 e. The highest BCUT2D eigenvalue weighted by molar-refractivity contribution is 8.15. The minimum Gasteiger partial charge on any atom is -0.468 e. The molecule has 0 radical (unpaired) electrons. The molecule has 3 N–H and O–H groups in total. The number of thioether (sulfide) groups is 1. The topological polar surface area (TPSA) is 95.7 Å². The fourth-order valence-corrected chi connectivity index (χ4v) is 5.42. The van der Waals surface area contributed by atoms with E-state index >= 15 is 0 Å². The molecular formula is C27H23ClN4O3S. The van der Waals surface area contributed by atoms with Crippen LogP contribution in [0.1, 0.15) is 24.2 Å². The van der Waals surface area contributed by atoms with Crippen LogP contribution < -0.4 is 16.0 Å². The first kappa shape index (κ1) is 24.0. The third-order valence-electron chi connectivity index (χ3n) is 5.89. The van der Waals surface area contributed by atoms with E-state index in [0.717, 1.165) is 16.2 Å². The molecule has 36 heavy (non-hydrogen) atoms. The van der Waals surface area contributed by atoms with E-state index < -0.39 is 5.92 Å². The molecule has 1 unspecified atom stereocenters. The number of aryl methyl sites for hydroxylation is 1. The highest BCUT2D eigenvalue weighted by Gasteiger charge is 2.40. The number of urea groups is 1. The van der Waals surface area contributed by atoms with Crippen LogP contribution >= 0.6 is 23.4 Å². The SMILES string of the molecule is CC1=C(C(=O)Nc2ccc(Cl)cc2)C(c2ccco2)C2=C(NC(=O)Nc3ccc(C)cc3)CSC2=N1. The van der Waals surface area contributed by atoms with E-state index in [9.17, 15) is 9.59 Å². The Bertz CT molecular complexity index is 1410. The highest BCUT2D eigenvalue weighted by Crippen LogP contribution is 2.46. The van der Waals surface area contributed by atoms with Gasteiger partial charge < -0.3 is 20.4 Å². The van der Waals surface area contributed by atoms with Gasteiger partial charge in [-0.1, -0.05) is 41.1 Å². The van der Waals surface area contributed by atoms with Gasteiger partial charge in [0.25, 0.3) is 5.91 Å². The van der Waals surface area contributed by atoms with E-state index in [1.54, 1.807) is 36.6 Å². The van der Waals surface area contributed by atoms with Gasteiger partial charge in [-0.15, -0.1) is 0 Å². The van der Waals surface area contributed by atoms with Gasteiger partial charge in [0.1, 0.15) is 10.8 Å². The summed E-state index contributed by atoms with van der Waals surface area (Å²) >= 11 is 7.51. The molecule has 0 saturated carbocycles. The number of amides is 3. The molecule has 2 aliphatic heterocycles. The van der Waals surface area contributed by atoms with E-state index in [2.05, 4.69) is 16.0 Å². The third kappa shape index (κ3) is 4.96. The van der Waals surface area contributed by atoms with Crippen LogP contribution in [0.3, 0.4) is 0 Å². The van der Waals surface area contributed by atoms with Gasteiger partial charge in [-0.25, -0.2) is 9.79 Å². The van der Waals surface area contributed by atoms with Crippen LogP contribution in [0.5, 0.6) is 0 Å². The van der Waals surface area contributed by atoms with Crippen molar-refractivity contribution in [1.29, 1.82) is 0 Å². The Labute approximate surface area is 217 Å². The summed E-state index contributed by atoms with van der Waals surface area (Å²) in [6, 6.07) is 17.7. The number of benzene rings is 2. The lowest BCUT2D eigenvalue weighted by molar-refractivity contribution is -0.113. The Balaban J connectivity index is 1.47. The van der Waals surface area contributed by atoms with Crippen LogP contribution in [0.25, 0.3) is 0 Å². The molecule has 7 nitrogen and oxygen atoms in total. The predicted molar refractivity (Wildman–Crippen MR) is 144 cm³/mol. The Morgan fingerprint density at radius 3 is 2.36 bits per heavy atom. The van der Waals surface area contributed by atoms with Crippen molar-refractivity contribution < 1.29 is 14.0 Å². The average Bonchev–Trinajstić information content (AvgIpc) is 3.52. The number of anilines is 2. The quantitative estimate of drug-likeness (QED) is 0.360. The molecule has 0 aliphatic carbocycles. The van der Waals surface area contributed by atoms with Crippen LogP contribution in [-0.4, -0.2) is 22.7 Å². The Morgan fingerprint density at radius 2 is 1.67 bits per heavy atom. The molecule has 1 aromatic heterocycles. The summed E-state index contributed by atoms with van der Waals surface area (Å²) < 4.78 is 5.78. The van der Waals surface area contributed by atoms with Gasteiger partial charge in [-0.2, -0.15) is 0 Å². The van der Waals surface area contributed by atoms with Gasteiger partial charge in [-0.3, -0.25) is 4.79 Å². The largest absolute Gasteiger partial charge is 0.468 e. The average molecular weight is 519 g/mol. The number of furan rings is 1. The summed E-state index contributed by atoms with van der Waals surface area (Å²) in [5.74, 6) is 0.293. The van der Waals surface area contributed by atoms with Crippen LogP contribution in [-0.2, 0) is 4.79 Å². The number of nitrogens with one attached hydrogen (secondary N) is 3. The molecule has 2 aliphatic rings. The van der Waals surface area contributed by atoms with E-state index in [1.807, 2.05) is 44.2 Å². The predicted octanol–water partition coefficient (Wildman–Crippen LogP) is 6.47. The monoisotopic (exact) mass is 518 g/mol. The zero-order chi connectivity index (χ0) is 25.2. The van der Waals surface area contributed by atoms with E-state index in [4.69, 9.17) is 21.0 Å². The zero-order valence-corrected chi connectivity index (χ0v) is 21.2. The number of halogens is 1. The molecule has 9 heteroatoms. The number of carbonyl (C=O) groups excluding carboxylic acids is 2. The first-order valence-electron chi connectivity index (χ1n) is 11.3. The second-order valence-electron chi connectivity index (χ2n) is 8.45. The molecule has 3 amide bonds. The lowest BCUT2D eigenvalue weighted by Crippen LogP contribution is -2.31. The highest BCUT2D eigenvalue weighted by atomic mass is 35.5. The van der Waals surface area contributed by atoms with Gasteiger partial charge >= 0.3 is 6.03 Å². The Hall–Kier alpha value is -3.75. The summed E-state index contributed by atoms with van der Waals surface area (Å²) in [5.41, 5.74) is 4.92. The van der Waals surface area contributed by atoms with E-state index in [1.165, 1.54) is 11.8 Å². The van der Waals surface area contributed by atoms with Crippen molar-refractivity contribution in [3.8, 4) is 0 Å².